The van der Waals surface area contributed by atoms with E-state index in [1.807, 2.05) is 29.0 Å². The normalized spacial score (nSPS) is 17.5. The first-order valence-electron chi connectivity index (χ1n) is 7.35. The number of amidine groups is 1. The lowest BCUT2D eigenvalue weighted by atomic mass is 10.1. The molecule has 2 aromatic rings. The summed E-state index contributed by atoms with van der Waals surface area (Å²) in [6.45, 7) is 0. The Morgan fingerprint density at radius 1 is 1.31 bits per heavy atom. The molecule has 0 saturated heterocycles. The van der Waals surface area contributed by atoms with E-state index < -0.39 is 23.0 Å². The number of thioether (sulfide) groups is 1. The van der Waals surface area contributed by atoms with Gasteiger partial charge in [0.25, 0.3) is 5.91 Å². The molecule has 0 radical (unpaired) electrons. The fraction of sp³-hybridized carbons (Fsp3) is 0.125. The van der Waals surface area contributed by atoms with Crippen molar-refractivity contribution in [1.29, 1.82) is 0 Å². The van der Waals surface area contributed by atoms with Crippen LogP contribution in [0.2, 0.25) is 0 Å². The summed E-state index contributed by atoms with van der Waals surface area (Å²) in [5.74, 6) is -0.547. The third-order valence-electron chi connectivity index (χ3n) is 3.55. The molecular formula is C16H12BrFN3O3S2-. The molecule has 1 amide bonds. The Hall–Kier alpha value is -1.75. The molecule has 0 spiro atoms. The Morgan fingerprint density at radius 2 is 2.04 bits per heavy atom. The molecule has 2 N–H and O–H groups in total. The van der Waals surface area contributed by atoms with Crippen LogP contribution in [0.3, 0.4) is 0 Å². The zero-order valence-corrected chi connectivity index (χ0v) is 16.3. The van der Waals surface area contributed by atoms with Crippen LogP contribution in [0, 0.1) is 5.82 Å². The van der Waals surface area contributed by atoms with Crippen molar-refractivity contribution in [2.45, 2.75) is 6.04 Å². The second-order valence-electron chi connectivity index (χ2n) is 5.29. The summed E-state index contributed by atoms with van der Waals surface area (Å²) in [4.78, 5) is 16.9. The van der Waals surface area contributed by atoms with Crippen molar-refractivity contribution in [2.24, 2.45) is 4.99 Å². The monoisotopic (exact) mass is 456 g/mol. The van der Waals surface area contributed by atoms with E-state index in [0.717, 1.165) is 22.2 Å². The number of rotatable bonds is 4. The number of carbonyl (C=O) groups is 1. The van der Waals surface area contributed by atoms with Crippen LogP contribution >= 0.6 is 27.7 Å². The van der Waals surface area contributed by atoms with Crippen LogP contribution in [0.5, 0.6) is 0 Å². The third-order valence-corrected chi connectivity index (χ3v) is 5.42. The Balaban J connectivity index is 1.75. The van der Waals surface area contributed by atoms with Crippen molar-refractivity contribution >= 4 is 55.7 Å². The number of hydrogen-bond donors (Lipinski definition) is 2. The molecular weight excluding hydrogens is 445 g/mol. The van der Waals surface area contributed by atoms with Gasteiger partial charge in [-0.25, -0.2) is 4.39 Å². The fourth-order valence-corrected chi connectivity index (χ4v) is 3.91. The van der Waals surface area contributed by atoms with E-state index in [9.17, 15) is 17.9 Å². The van der Waals surface area contributed by atoms with Crippen LogP contribution in [0.15, 0.2) is 51.9 Å². The van der Waals surface area contributed by atoms with Gasteiger partial charge in [-0.3, -0.25) is 14.0 Å². The zero-order valence-electron chi connectivity index (χ0n) is 13.1. The van der Waals surface area contributed by atoms with E-state index in [0.29, 0.717) is 10.9 Å². The molecule has 0 aromatic heterocycles. The average molecular weight is 457 g/mol. The SMILES string of the molecule is O=C(NC1=NC(c2ccc(Br)cc2)CS1)c1ccc(F)cc1NS(=O)[O-]. The summed E-state index contributed by atoms with van der Waals surface area (Å²) in [5, 5.41) is 3.07. The fourth-order valence-electron chi connectivity index (χ4n) is 2.35. The molecule has 26 heavy (non-hydrogen) atoms. The summed E-state index contributed by atoms with van der Waals surface area (Å²) >= 11 is 2.09. The molecule has 2 aromatic carbocycles. The minimum atomic E-state index is -2.67. The molecule has 6 nitrogen and oxygen atoms in total. The van der Waals surface area contributed by atoms with Gasteiger partial charge in [-0.15, -0.1) is 0 Å². The van der Waals surface area contributed by atoms with Crippen LogP contribution in [0.1, 0.15) is 22.0 Å². The highest BCUT2D eigenvalue weighted by Crippen LogP contribution is 2.30. The molecule has 3 rings (SSSR count). The number of anilines is 1. The number of amides is 1. The van der Waals surface area contributed by atoms with E-state index in [4.69, 9.17) is 0 Å². The quantitative estimate of drug-likeness (QED) is 0.689. The van der Waals surface area contributed by atoms with Gasteiger partial charge in [0, 0.05) is 21.5 Å². The average Bonchev–Trinajstić information content (AvgIpc) is 3.03. The standard InChI is InChI=1S/C16H13BrFN3O3S2/c17-10-3-1-9(2-4-10)14-8-25-16(19-14)20-15(22)12-6-5-11(18)7-13(12)21-26(23)24/h1-7,14,21H,8H2,(H,23,24)(H,19,20,22)/p-1. The number of carbonyl (C=O) groups excluding carboxylic acids is 1. The van der Waals surface area contributed by atoms with Crippen molar-refractivity contribution in [2.75, 3.05) is 10.5 Å². The largest absolute Gasteiger partial charge is 0.755 e. The molecule has 1 aliphatic heterocycles. The molecule has 1 heterocycles. The molecule has 2 atom stereocenters. The summed E-state index contributed by atoms with van der Waals surface area (Å²) in [5.41, 5.74) is 0.894. The molecule has 0 fully saturated rings. The summed E-state index contributed by atoms with van der Waals surface area (Å²) in [6.07, 6.45) is 0. The lowest BCUT2D eigenvalue weighted by Gasteiger charge is -2.13. The van der Waals surface area contributed by atoms with Crippen LogP contribution < -0.4 is 10.0 Å². The maximum absolute atomic E-state index is 13.3. The van der Waals surface area contributed by atoms with Gasteiger partial charge in [-0.2, -0.15) is 0 Å². The second-order valence-corrected chi connectivity index (χ2v) is 7.89. The number of aliphatic imine (C=N–C) groups is 1. The first kappa shape index (κ1) is 19.0. The van der Waals surface area contributed by atoms with Gasteiger partial charge < -0.3 is 14.6 Å². The summed E-state index contributed by atoms with van der Waals surface area (Å²) in [6, 6.07) is 10.9. The van der Waals surface area contributed by atoms with Gasteiger partial charge in [-0.05, 0) is 35.9 Å². The van der Waals surface area contributed by atoms with Crippen molar-refractivity contribution in [1.82, 2.24) is 5.32 Å². The van der Waals surface area contributed by atoms with Gasteiger partial charge in [0.15, 0.2) is 5.17 Å². The number of nitrogens with one attached hydrogen (secondary N) is 2. The summed E-state index contributed by atoms with van der Waals surface area (Å²) < 4.78 is 38.0. The van der Waals surface area contributed by atoms with E-state index in [2.05, 4.69) is 26.2 Å². The highest BCUT2D eigenvalue weighted by molar-refractivity contribution is 9.10. The maximum atomic E-state index is 13.3. The van der Waals surface area contributed by atoms with Crippen molar-refractivity contribution < 1.29 is 17.9 Å². The highest BCUT2D eigenvalue weighted by Gasteiger charge is 2.22. The molecule has 1 aliphatic rings. The van der Waals surface area contributed by atoms with E-state index in [-0.39, 0.29) is 17.3 Å². The third kappa shape index (κ3) is 4.70. The molecule has 0 saturated carbocycles. The highest BCUT2D eigenvalue weighted by atomic mass is 79.9. The second kappa shape index (κ2) is 8.30. The van der Waals surface area contributed by atoms with Crippen molar-refractivity contribution in [3.05, 3.63) is 63.9 Å². The van der Waals surface area contributed by atoms with Crippen molar-refractivity contribution in [3.8, 4) is 0 Å². The number of halogens is 2. The molecule has 0 bridgehead atoms. The minimum Gasteiger partial charge on any atom is -0.755 e. The molecule has 10 heteroatoms. The van der Waals surface area contributed by atoms with Crippen molar-refractivity contribution in [3.63, 3.8) is 0 Å². The predicted octanol–water partition coefficient (Wildman–Crippen LogP) is 3.37. The van der Waals surface area contributed by atoms with Crippen LogP contribution in [0.4, 0.5) is 10.1 Å². The molecule has 0 aliphatic carbocycles. The maximum Gasteiger partial charge on any atom is 0.259 e. The van der Waals surface area contributed by atoms with Gasteiger partial charge in [0.05, 0.1) is 17.3 Å². The molecule has 136 valence electrons. The van der Waals surface area contributed by atoms with Crippen LogP contribution in [-0.4, -0.2) is 25.6 Å². The Labute approximate surface area is 164 Å². The number of nitrogens with zero attached hydrogens (tertiary/aromatic N) is 1. The van der Waals surface area contributed by atoms with Gasteiger partial charge in [0.1, 0.15) is 5.82 Å². The topological polar surface area (TPSA) is 93.6 Å². The first-order chi connectivity index (χ1) is 12.4. The van der Waals surface area contributed by atoms with Gasteiger partial charge >= 0.3 is 0 Å². The number of hydrogen-bond acceptors (Lipinski definition) is 5. The van der Waals surface area contributed by atoms with Crippen LogP contribution in [0.25, 0.3) is 0 Å². The van der Waals surface area contributed by atoms with Gasteiger partial charge in [0.2, 0.25) is 0 Å². The summed E-state index contributed by atoms with van der Waals surface area (Å²) in [7, 11) is 0. The van der Waals surface area contributed by atoms with E-state index in [1.54, 1.807) is 0 Å². The smallest absolute Gasteiger partial charge is 0.259 e. The minimum absolute atomic E-state index is 0.00555. The van der Waals surface area contributed by atoms with E-state index in [1.165, 1.54) is 17.8 Å². The van der Waals surface area contributed by atoms with Gasteiger partial charge in [-0.1, -0.05) is 39.8 Å². The number of benzene rings is 2. The Kier molecular flexibility index (Phi) is 6.07. The Morgan fingerprint density at radius 3 is 2.73 bits per heavy atom. The lowest BCUT2D eigenvalue weighted by Crippen LogP contribution is -2.28. The first-order valence-corrected chi connectivity index (χ1v) is 10.2. The predicted molar refractivity (Wildman–Crippen MR) is 103 cm³/mol. The lowest BCUT2D eigenvalue weighted by molar-refractivity contribution is 0.0979. The van der Waals surface area contributed by atoms with E-state index >= 15 is 0 Å². The zero-order chi connectivity index (χ0) is 18.7. The van der Waals surface area contributed by atoms with Crippen LogP contribution in [-0.2, 0) is 11.3 Å². The molecule has 2 unspecified atom stereocenters. The Bertz CT molecular complexity index is 893.